The van der Waals surface area contributed by atoms with Crippen molar-refractivity contribution in [2.75, 3.05) is 19.8 Å². The van der Waals surface area contributed by atoms with E-state index in [1.165, 1.54) is 12.1 Å². The number of hydrogen-bond acceptors (Lipinski definition) is 3. The average Bonchev–Trinajstić information content (AvgIpc) is 2.37. The third kappa shape index (κ3) is 3.43. The molecule has 0 unspecified atom stereocenters. The van der Waals surface area contributed by atoms with Gasteiger partial charge in [-0.15, -0.1) is 0 Å². The predicted molar refractivity (Wildman–Crippen MR) is 62.4 cm³/mol. The number of carbonyl (C=O) groups is 1. The van der Waals surface area contributed by atoms with Crippen molar-refractivity contribution in [3.63, 3.8) is 0 Å². The maximum absolute atomic E-state index is 13.2. The van der Waals surface area contributed by atoms with Crippen LogP contribution in [0, 0.1) is 11.7 Å². The Kier molecular flexibility index (Phi) is 4.15. The molecule has 1 aromatic carbocycles. The largest absolute Gasteiger partial charge is 0.493 e. The molecule has 4 nitrogen and oxygen atoms in total. The molecule has 1 heterocycles. The zero-order valence-electron chi connectivity index (χ0n) is 9.89. The Bertz CT molecular complexity index is 427. The average molecular weight is 254 g/mol. The number of benzene rings is 1. The number of carboxylic acids is 1. The topological polar surface area (TPSA) is 55.8 Å². The second-order valence-electron chi connectivity index (χ2n) is 4.35. The smallest absolute Gasteiger partial charge is 0.335 e. The van der Waals surface area contributed by atoms with Crippen molar-refractivity contribution < 1.29 is 23.8 Å². The first-order valence-corrected chi connectivity index (χ1v) is 5.89. The molecule has 98 valence electrons. The van der Waals surface area contributed by atoms with E-state index < -0.39 is 11.8 Å². The van der Waals surface area contributed by atoms with Gasteiger partial charge in [-0.3, -0.25) is 0 Å². The standard InChI is InChI=1S/C13H15FO4/c14-11-5-10(13(15)16)6-12(7-11)18-8-9-1-3-17-4-2-9/h5-7,9H,1-4,8H2,(H,15,16). The number of hydrogen-bond donors (Lipinski definition) is 1. The zero-order chi connectivity index (χ0) is 13.0. The molecule has 0 saturated carbocycles. The van der Waals surface area contributed by atoms with Crippen LogP contribution in [-0.4, -0.2) is 30.9 Å². The lowest BCUT2D eigenvalue weighted by atomic mass is 10.0. The number of halogens is 1. The van der Waals surface area contributed by atoms with Crippen molar-refractivity contribution in [2.24, 2.45) is 5.92 Å². The van der Waals surface area contributed by atoms with E-state index in [1.807, 2.05) is 0 Å². The van der Waals surface area contributed by atoms with Crippen molar-refractivity contribution in [3.05, 3.63) is 29.6 Å². The molecule has 0 aromatic heterocycles. The van der Waals surface area contributed by atoms with E-state index >= 15 is 0 Å². The maximum atomic E-state index is 13.2. The fourth-order valence-electron chi connectivity index (χ4n) is 1.90. The Hall–Kier alpha value is -1.62. The minimum absolute atomic E-state index is 0.100. The highest BCUT2D eigenvalue weighted by Gasteiger charge is 2.15. The van der Waals surface area contributed by atoms with E-state index in [-0.39, 0.29) is 11.3 Å². The molecule has 1 aliphatic rings. The van der Waals surface area contributed by atoms with Crippen LogP contribution in [0.25, 0.3) is 0 Å². The van der Waals surface area contributed by atoms with Gasteiger partial charge in [-0.1, -0.05) is 0 Å². The van der Waals surface area contributed by atoms with E-state index in [2.05, 4.69) is 0 Å². The third-order valence-electron chi connectivity index (χ3n) is 2.94. The summed E-state index contributed by atoms with van der Waals surface area (Å²) in [5.74, 6) is -1.11. The van der Waals surface area contributed by atoms with E-state index in [0.717, 1.165) is 32.1 Å². The Morgan fingerprint density at radius 3 is 2.78 bits per heavy atom. The summed E-state index contributed by atoms with van der Waals surface area (Å²) in [6.45, 7) is 1.90. The summed E-state index contributed by atoms with van der Waals surface area (Å²) in [6, 6.07) is 3.51. The molecule has 1 saturated heterocycles. The van der Waals surface area contributed by atoms with Gasteiger partial charge in [0.1, 0.15) is 11.6 Å². The molecule has 1 N–H and O–H groups in total. The van der Waals surface area contributed by atoms with E-state index in [0.29, 0.717) is 12.5 Å². The van der Waals surface area contributed by atoms with Crippen molar-refractivity contribution in [1.29, 1.82) is 0 Å². The van der Waals surface area contributed by atoms with Gasteiger partial charge in [0.15, 0.2) is 0 Å². The molecule has 0 amide bonds. The highest BCUT2D eigenvalue weighted by Crippen LogP contribution is 2.20. The van der Waals surface area contributed by atoms with Crippen molar-refractivity contribution in [3.8, 4) is 5.75 Å². The Labute approximate surface area is 104 Å². The quantitative estimate of drug-likeness (QED) is 0.896. The first-order valence-electron chi connectivity index (χ1n) is 5.89. The number of ether oxygens (including phenoxy) is 2. The molecule has 5 heteroatoms. The maximum Gasteiger partial charge on any atom is 0.335 e. The normalized spacial score (nSPS) is 16.5. The van der Waals surface area contributed by atoms with Crippen LogP contribution >= 0.6 is 0 Å². The molecule has 0 bridgehead atoms. The van der Waals surface area contributed by atoms with Gasteiger partial charge in [-0.2, -0.15) is 0 Å². The molecule has 1 aromatic rings. The molecule has 18 heavy (non-hydrogen) atoms. The van der Waals surface area contributed by atoms with E-state index in [9.17, 15) is 9.18 Å². The van der Waals surface area contributed by atoms with Crippen molar-refractivity contribution >= 4 is 5.97 Å². The van der Waals surface area contributed by atoms with Crippen molar-refractivity contribution in [1.82, 2.24) is 0 Å². The van der Waals surface area contributed by atoms with E-state index in [1.54, 1.807) is 0 Å². The van der Waals surface area contributed by atoms with Gasteiger partial charge in [0.25, 0.3) is 0 Å². The molecular formula is C13H15FO4. The highest BCUT2D eigenvalue weighted by atomic mass is 19.1. The first kappa shape index (κ1) is 12.8. The van der Waals surface area contributed by atoms with Gasteiger partial charge in [0.2, 0.25) is 0 Å². The van der Waals surface area contributed by atoms with Crippen LogP contribution in [0.3, 0.4) is 0 Å². The fourth-order valence-corrected chi connectivity index (χ4v) is 1.90. The molecule has 2 rings (SSSR count). The minimum atomic E-state index is -1.16. The van der Waals surface area contributed by atoms with Gasteiger partial charge in [0.05, 0.1) is 12.2 Å². The van der Waals surface area contributed by atoms with Crippen LogP contribution < -0.4 is 4.74 Å². The Morgan fingerprint density at radius 1 is 1.39 bits per heavy atom. The second-order valence-corrected chi connectivity index (χ2v) is 4.35. The molecule has 0 atom stereocenters. The van der Waals surface area contributed by atoms with Gasteiger partial charge in [0, 0.05) is 19.3 Å². The number of carboxylic acid groups (broad SMARTS) is 1. The number of aromatic carboxylic acids is 1. The van der Waals surface area contributed by atoms with Crippen LogP contribution in [0.5, 0.6) is 5.75 Å². The minimum Gasteiger partial charge on any atom is -0.493 e. The molecular weight excluding hydrogens is 239 g/mol. The van der Waals surface area contributed by atoms with Crippen LogP contribution in [0.2, 0.25) is 0 Å². The zero-order valence-corrected chi connectivity index (χ0v) is 9.89. The SMILES string of the molecule is O=C(O)c1cc(F)cc(OCC2CCOCC2)c1. The summed E-state index contributed by atoms with van der Waals surface area (Å²) in [6.07, 6.45) is 1.84. The van der Waals surface area contributed by atoms with Crippen LogP contribution in [0.4, 0.5) is 4.39 Å². The molecule has 0 radical (unpaired) electrons. The monoisotopic (exact) mass is 254 g/mol. The van der Waals surface area contributed by atoms with Crippen molar-refractivity contribution in [2.45, 2.75) is 12.8 Å². The summed E-state index contributed by atoms with van der Waals surface area (Å²) < 4.78 is 23.9. The summed E-state index contributed by atoms with van der Waals surface area (Å²) in [5, 5.41) is 8.81. The third-order valence-corrected chi connectivity index (χ3v) is 2.94. The Morgan fingerprint density at radius 2 is 2.11 bits per heavy atom. The fraction of sp³-hybridized carbons (Fsp3) is 0.462. The second kappa shape index (κ2) is 5.82. The molecule has 1 fully saturated rings. The van der Waals surface area contributed by atoms with Gasteiger partial charge in [-0.05, 0) is 30.9 Å². The van der Waals surface area contributed by atoms with Crippen LogP contribution in [0.15, 0.2) is 18.2 Å². The number of rotatable bonds is 4. The lowest BCUT2D eigenvalue weighted by Gasteiger charge is -2.22. The van der Waals surface area contributed by atoms with Gasteiger partial charge < -0.3 is 14.6 Å². The van der Waals surface area contributed by atoms with E-state index in [4.69, 9.17) is 14.6 Å². The summed E-state index contributed by atoms with van der Waals surface area (Å²) >= 11 is 0. The van der Waals surface area contributed by atoms with Crippen LogP contribution in [-0.2, 0) is 4.74 Å². The summed E-state index contributed by atoms with van der Waals surface area (Å²) in [4.78, 5) is 10.8. The lowest BCUT2D eigenvalue weighted by molar-refractivity contribution is 0.0496. The lowest BCUT2D eigenvalue weighted by Crippen LogP contribution is -2.21. The summed E-state index contributed by atoms with van der Waals surface area (Å²) in [7, 11) is 0. The molecule has 0 spiro atoms. The molecule has 0 aliphatic carbocycles. The predicted octanol–water partition coefficient (Wildman–Crippen LogP) is 2.33. The first-order chi connectivity index (χ1) is 8.65. The molecule has 1 aliphatic heterocycles. The Balaban J connectivity index is 1.97. The van der Waals surface area contributed by atoms with Gasteiger partial charge in [-0.25, -0.2) is 9.18 Å². The van der Waals surface area contributed by atoms with Crippen LogP contribution in [0.1, 0.15) is 23.2 Å². The summed E-state index contributed by atoms with van der Waals surface area (Å²) in [5.41, 5.74) is -0.100. The highest BCUT2D eigenvalue weighted by molar-refractivity contribution is 5.88. The van der Waals surface area contributed by atoms with Gasteiger partial charge >= 0.3 is 5.97 Å².